The summed E-state index contributed by atoms with van der Waals surface area (Å²) in [4.78, 5) is 11.0. The zero-order valence-corrected chi connectivity index (χ0v) is 10.6. The van der Waals surface area contributed by atoms with Gasteiger partial charge < -0.3 is 9.84 Å². The molecule has 0 bridgehead atoms. The van der Waals surface area contributed by atoms with E-state index in [1.54, 1.807) is 6.92 Å². The molecule has 17 heavy (non-hydrogen) atoms. The smallest absolute Gasteiger partial charge is 0.331 e. The number of rotatable bonds is 6. The van der Waals surface area contributed by atoms with Crippen molar-refractivity contribution in [1.82, 2.24) is 0 Å². The van der Waals surface area contributed by atoms with Crippen molar-refractivity contribution in [2.24, 2.45) is 5.92 Å². The predicted octanol–water partition coefficient (Wildman–Crippen LogP) is 3.52. The largest absolute Gasteiger partial charge is 0.497 e. The molecule has 0 amide bonds. The van der Waals surface area contributed by atoms with Crippen molar-refractivity contribution >= 4 is 5.97 Å². The van der Waals surface area contributed by atoms with Gasteiger partial charge in [0.1, 0.15) is 6.61 Å². The quantitative estimate of drug-likeness (QED) is 0.569. The molecular weight excluding hydrogens is 216 g/mol. The molecule has 1 saturated carbocycles. The van der Waals surface area contributed by atoms with Gasteiger partial charge in [0.05, 0.1) is 6.26 Å². The Morgan fingerprint density at radius 3 is 2.59 bits per heavy atom. The maximum atomic E-state index is 11.0. The number of hydrogen-bond donors (Lipinski definition) is 1. The van der Waals surface area contributed by atoms with E-state index < -0.39 is 5.97 Å². The van der Waals surface area contributed by atoms with E-state index in [1.165, 1.54) is 38.4 Å². The number of ether oxygens (including phenoxy) is 1. The first-order valence-electron chi connectivity index (χ1n) is 6.29. The molecule has 0 heterocycles. The molecule has 1 fully saturated rings. The van der Waals surface area contributed by atoms with Crippen LogP contribution in [0.1, 0.15) is 45.4 Å². The minimum Gasteiger partial charge on any atom is -0.497 e. The van der Waals surface area contributed by atoms with Crippen LogP contribution >= 0.6 is 0 Å². The van der Waals surface area contributed by atoms with Crippen LogP contribution in [0.2, 0.25) is 0 Å². The molecule has 0 aliphatic heterocycles. The Kier molecular flexibility index (Phi) is 5.81. The molecule has 0 atom stereocenters. The highest BCUT2D eigenvalue weighted by Crippen LogP contribution is 2.30. The zero-order chi connectivity index (χ0) is 12.7. The van der Waals surface area contributed by atoms with Crippen molar-refractivity contribution in [3.05, 3.63) is 24.0 Å². The Morgan fingerprint density at radius 1 is 1.41 bits per heavy atom. The Morgan fingerprint density at radius 2 is 2.06 bits per heavy atom. The summed E-state index contributed by atoms with van der Waals surface area (Å²) in [6.07, 6.45) is 8.51. The van der Waals surface area contributed by atoms with Gasteiger partial charge in [-0.2, -0.15) is 0 Å². The highest BCUT2D eigenvalue weighted by Gasteiger charge is 2.18. The minimum absolute atomic E-state index is 0.359. The second-order valence-corrected chi connectivity index (χ2v) is 4.72. The summed E-state index contributed by atoms with van der Waals surface area (Å²) in [5.74, 6) is -0.218. The van der Waals surface area contributed by atoms with Gasteiger partial charge in [-0.15, -0.1) is 0 Å². The SMILES string of the molecule is C=COCC(CC1CCCCC1)=C(C)C(=O)O. The number of carbonyl (C=O) groups is 1. The Bertz CT molecular complexity index is 299. The monoisotopic (exact) mass is 238 g/mol. The molecule has 0 aromatic rings. The summed E-state index contributed by atoms with van der Waals surface area (Å²) in [6.45, 7) is 5.51. The first-order chi connectivity index (χ1) is 8.15. The fourth-order valence-electron chi connectivity index (χ4n) is 2.37. The van der Waals surface area contributed by atoms with Crippen LogP contribution in [0.5, 0.6) is 0 Å². The molecule has 96 valence electrons. The van der Waals surface area contributed by atoms with E-state index in [2.05, 4.69) is 6.58 Å². The summed E-state index contributed by atoms with van der Waals surface area (Å²) >= 11 is 0. The third kappa shape index (κ3) is 4.63. The van der Waals surface area contributed by atoms with Crippen LogP contribution in [0.4, 0.5) is 0 Å². The predicted molar refractivity (Wildman–Crippen MR) is 67.7 cm³/mol. The van der Waals surface area contributed by atoms with Crippen LogP contribution in [0, 0.1) is 5.92 Å². The van der Waals surface area contributed by atoms with Crippen molar-refractivity contribution in [1.29, 1.82) is 0 Å². The first kappa shape index (κ1) is 13.8. The normalized spacial score (nSPS) is 18.4. The van der Waals surface area contributed by atoms with Crippen LogP contribution in [0.25, 0.3) is 0 Å². The molecule has 0 saturated heterocycles. The summed E-state index contributed by atoms with van der Waals surface area (Å²) in [5, 5.41) is 9.04. The van der Waals surface area contributed by atoms with Gasteiger partial charge in [-0.05, 0) is 24.8 Å². The Labute approximate surface area is 103 Å². The molecule has 0 aromatic carbocycles. The van der Waals surface area contributed by atoms with Crippen LogP contribution in [0.3, 0.4) is 0 Å². The highest BCUT2D eigenvalue weighted by molar-refractivity contribution is 5.86. The van der Waals surface area contributed by atoms with Gasteiger partial charge in [-0.1, -0.05) is 38.7 Å². The lowest BCUT2D eigenvalue weighted by Crippen LogP contribution is -2.12. The number of carboxylic acid groups (broad SMARTS) is 1. The first-order valence-corrected chi connectivity index (χ1v) is 6.29. The number of hydrogen-bond acceptors (Lipinski definition) is 2. The second-order valence-electron chi connectivity index (χ2n) is 4.72. The lowest BCUT2D eigenvalue weighted by Gasteiger charge is -2.23. The topological polar surface area (TPSA) is 46.5 Å². The van der Waals surface area contributed by atoms with E-state index in [-0.39, 0.29) is 0 Å². The molecule has 1 N–H and O–H groups in total. The van der Waals surface area contributed by atoms with Gasteiger partial charge in [-0.3, -0.25) is 0 Å². The lowest BCUT2D eigenvalue weighted by atomic mass is 9.84. The van der Waals surface area contributed by atoms with Gasteiger partial charge in [0, 0.05) is 5.57 Å². The highest BCUT2D eigenvalue weighted by atomic mass is 16.5. The third-order valence-electron chi connectivity index (χ3n) is 3.49. The van der Waals surface area contributed by atoms with E-state index in [1.807, 2.05) is 0 Å². The maximum Gasteiger partial charge on any atom is 0.331 e. The summed E-state index contributed by atoms with van der Waals surface area (Å²) in [6, 6.07) is 0. The molecule has 0 spiro atoms. The third-order valence-corrected chi connectivity index (χ3v) is 3.49. The van der Waals surface area contributed by atoms with Gasteiger partial charge in [0.2, 0.25) is 0 Å². The van der Waals surface area contributed by atoms with Gasteiger partial charge in [0.15, 0.2) is 0 Å². The standard InChI is InChI=1S/C14H22O3/c1-3-17-10-13(11(2)14(15)16)9-12-7-5-4-6-8-12/h3,12H,1,4-10H2,2H3,(H,15,16). The van der Waals surface area contributed by atoms with Crippen LogP contribution < -0.4 is 0 Å². The Balaban J connectivity index is 2.65. The fraction of sp³-hybridized carbons (Fsp3) is 0.643. The number of carboxylic acids is 1. The van der Waals surface area contributed by atoms with Crippen molar-refractivity contribution < 1.29 is 14.6 Å². The van der Waals surface area contributed by atoms with E-state index >= 15 is 0 Å². The molecule has 0 aromatic heterocycles. The molecule has 1 aliphatic carbocycles. The second kappa shape index (κ2) is 7.15. The Hall–Kier alpha value is -1.25. The summed E-state index contributed by atoms with van der Waals surface area (Å²) < 4.78 is 5.15. The van der Waals surface area contributed by atoms with Crippen molar-refractivity contribution in [3.63, 3.8) is 0 Å². The van der Waals surface area contributed by atoms with Crippen molar-refractivity contribution in [2.75, 3.05) is 6.61 Å². The van der Waals surface area contributed by atoms with E-state index in [0.717, 1.165) is 12.0 Å². The van der Waals surface area contributed by atoms with Crippen molar-refractivity contribution in [3.8, 4) is 0 Å². The molecule has 0 unspecified atom stereocenters. The minimum atomic E-state index is -0.844. The van der Waals surface area contributed by atoms with Gasteiger partial charge >= 0.3 is 5.97 Å². The van der Waals surface area contributed by atoms with Crippen molar-refractivity contribution in [2.45, 2.75) is 45.4 Å². The maximum absolute atomic E-state index is 11.0. The average Bonchev–Trinajstić information content (AvgIpc) is 2.34. The summed E-state index contributed by atoms with van der Waals surface area (Å²) in [7, 11) is 0. The van der Waals surface area contributed by atoms with Crippen LogP contribution in [0.15, 0.2) is 24.0 Å². The molecule has 3 heteroatoms. The van der Waals surface area contributed by atoms with Gasteiger partial charge in [-0.25, -0.2) is 4.79 Å². The molecule has 1 aliphatic rings. The summed E-state index contributed by atoms with van der Waals surface area (Å²) in [5.41, 5.74) is 1.33. The zero-order valence-electron chi connectivity index (χ0n) is 10.6. The van der Waals surface area contributed by atoms with Crippen LogP contribution in [-0.4, -0.2) is 17.7 Å². The lowest BCUT2D eigenvalue weighted by molar-refractivity contribution is -0.132. The number of aliphatic carboxylic acids is 1. The molecule has 1 rings (SSSR count). The van der Waals surface area contributed by atoms with E-state index in [9.17, 15) is 4.79 Å². The molecular formula is C14H22O3. The molecule has 3 nitrogen and oxygen atoms in total. The fourth-order valence-corrected chi connectivity index (χ4v) is 2.37. The van der Waals surface area contributed by atoms with Gasteiger partial charge in [0.25, 0.3) is 0 Å². The van der Waals surface area contributed by atoms with E-state index in [4.69, 9.17) is 9.84 Å². The van der Waals surface area contributed by atoms with E-state index in [0.29, 0.717) is 18.1 Å². The average molecular weight is 238 g/mol. The van der Waals surface area contributed by atoms with Crippen LogP contribution in [-0.2, 0) is 9.53 Å². The molecule has 0 radical (unpaired) electrons.